The van der Waals surface area contributed by atoms with E-state index in [2.05, 4.69) is 33.1 Å². The van der Waals surface area contributed by atoms with E-state index in [1.165, 1.54) is 11.3 Å². The number of hydrogen-bond acceptors (Lipinski definition) is 6. The van der Waals surface area contributed by atoms with Crippen molar-refractivity contribution in [2.24, 2.45) is 0 Å². The van der Waals surface area contributed by atoms with Crippen LogP contribution in [0.5, 0.6) is 0 Å². The van der Waals surface area contributed by atoms with Crippen molar-refractivity contribution in [3.05, 3.63) is 52.9 Å². The summed E-state index contributed by atoms with van der Waals surface area (Å²) in [6.45, 7) is 7.34. The van der Waals surface area contributed by atoms with Gasteiger partial charge in [0.05, 0.1) is 22.4 Å². The highest BCUT2D eigenvalue weighted by Gasteiger charge is 2.20. The molecule has 0 radical (unpaired) electrons. The number of aromatic nitrogens is 1. The SMILES string of the molecule is CCN1CCN(c2ccccc2NC(=O)c2cnc(-c3cccs3)s2)CC1. The molecule has 2 aromatic heterocycles. The fourth-order valence-electron chi connectivity index (χ4n) is 3.24. The molecule has 5 nitrogen and oxygen atoms in total. The smallest absolute Gasteiger partial charge is 0.267 e. The zero-order chi connectivity index (χ0) is 18.6. The molecule has 27 heavy (non-hydrogen) atoms. The van der Waals surface area contributed by atoms with E-state index in [0.29, 0.717) is 4.88 Å². The van der Waals surface area contributed by atoms with Crippen LogP contribution >= 0.6 is 22.7 Å². The van der Waals surface area contributed by atoms with Crippen molar-refractivity contribution in [3.8, 4) is 9.88 Å². The van der Waals surface area contributed by atoms with Gasteiger partial charge in [-0.25, -0.2) is 4.98 Å². The Morgan fingerprint density at radius 3 is 2.70 bits per heavy atom. The molecule has 0 atom stereocenters. The van der Waals surface area contributed by atoms with Gasteiger partial charge in [0.2, 0.25) is 0 Å². The van der Waals surface area contributed by atoms with Gasteiger partial charge >= 0.3 is 0 Å². The van der Waals surface area contributed by atoms with Crippen LogP contribution in [0, 0.1) is 0 Å². The Bertz CT molecular complexity index is 898. The molecule has 1 N–H and O–H groups in total. The van der Waals surface area contributed by atoms with Crippen LogP contribution in [0.1, 0.15) is 16.6 Å². The maximum Gasteiger partial charge on any atom is 0.267 e. The van der Waals surface area contributed by atoms with Gasteiger partial charge in [-0.1, -0.05) is 25.1 Å². The minimum atomic E-state index is -0.102. The molecule has 0 saturated carbocycles. The van der Waals surface area contributed by atoms with Crippen molar-refractivity contribution in [1.29, 1.82) is 0 Å². The van der Waals surface area contributed by atoms with E-state index in [9.17, 15) is 4.79 Å². The minimum absolute atomic E-state index is 0.102. The van der Waals surface area contributed by atoms with Crippen LogP contribution in [0.4, 0.5) is 11.4 Å². The van der Waals surface area contributed by atoms with Crippen molar-refractivity contribution in [2.45, 2.75) is 6.92 Å². The van der Waals surface area contributed by atoms with Crippen LogP contribution in [-0.4, -0.2) is 48.5 Å². The van der Waals surface area contributed by atoms with Gasteiger partial charge < -0.3 is 15.1 Å². The molecule has 3 heterocycles. The van der Waals surface area contributed by atoms with Gasteiger partial charge in [-0.05, 0) is 30.1 Å². The number of carbonyl (C=O) groups excluding carboxylic acids is 1. The molecule has 7 heteroatoms. The predicted molar refractivity (Wildman–Crippen MR) is 114 cm³/mol. The number of nitrogens with zero attached hydrogens (tertiary/aromatic N) is 3. The van der Waals surface area contributed by atoms with Crippen molar-refractivity contribution >= 4 is 40.0 Å². The highest BCUT2D eigenvalue weighted by molar-refractivity contribution is 7.22. The highest BCUT2D eigenvalue weighted by Crippen LogP contribution is 2.31. The van der Waals surface area contributed by atoms with Crippen molar-refractivity contribution in [2.75, 3.05) is 42.9 Å². The van der Waals surface area contributed by atoms with Crippen LogP contribution in [-0.2, 0) is 0 Å². The number of benzene rings is 1. The molecule has 1 aliphatic heterocycles. The first-order chi connectivity index (χ1) is 13.2. The van der Waals surface area contributed by atoms with Crippen molar-refractivity contribution in [1.82, 2.24) is 9.88 Å². The van der Waals surface area contributed by atoms with E-state index in [0.717, 1.165) is 54.0 Å². The first-order valence-electron chi connectivity index (χ1n) is 9.12. The summed E-state index contributed by atoms with van der Waals surface area (Å²) in [5.41, 5.74) is 1.95. The van der Waals surface area contributed by atoms with Gasteiger partial charge in [-0.15, -0.1) is 22.7 Å². The van der Waals surface area contributed by atoms with Crippen LogP contribution in [0.3, 0.4) is 0 Å². The second-order valence-corrected chi connectivity index (χ2v) is 8.38. The summed E-state index contributed by atoms with van der Waals surface area (Å²) in [6.07, 6.45) is 1.66. The number of hydrogen-bond donors (Lipinski definition) is 1. The summed E-state index contributed by atoms with van der Waals surface area (Å²) >= 11 is 3.06. The van der Waals surface area contributed by atoms with Gasteiger partial charge in [-0.2, -0.15) is 0 Å². The topological polar surface area (TPSA) is 48.5 Å². The van der Waals surface area contributed by atoms with E-state index < -0.39 is 0 Å². The number of anilines is 2. The van der Waals surface area contributed by atoms with Crippen LogP contribution in [0.15, 0.2) is 48.0 Å². The Kier molecular flexibility index (Phi) is 5.52. The average Bonchev–Trinajstić information content (AvgIpc) is 3.40. The maximum absolute atomic E-state index is 12.8. The Balaban J connectivity index is 1.49. The molecule has 3 aromatic rings. The van der Waals surface area contributed by atoms with Crippen LogP contribution in [0.2, 0.25) is 0 Å². The van der Waals surface area contributed by atoms with Gasteiger partial charge in [0.25, 0.3) is 5.91 Å². The monoisotopic (exact) mass is 398 g/mol. The molecule has 0 spiro atoms. The molecule has 1 aliphatic rings. The van der Waals surface area contributed by atoms with Crippen molar-refractivity contribution in [3.63, 3.8) is 0 Å². The van der Waals surface area contributed by atoms with E-state index in [1.54, 1.807) is 17.5 Å². The molecule has 4 rings (SSSR count). The Labute approximate surface area is 167 Å². The Morgan fingerprint density at radius 2 is 1.96 bits per heavy atom. The first kappa shape index (κ1) is 18.2. The van der Waals surface area contributed by atoms with E-state index in [4.69, 9.17) is 0 Å². The van der Waals surface area contributed by atoms with Crippen LogP contribution < -0.4 is 10.2 Å². The molecule has 0 bridgehead atoms. The van der Waals surface area contributed by atoms with Gasteiger partial charge in [0.15, 0.2) is 0 Å². The number of amides is 1. The first-order valence-corrected chi connectivity index (χ1v) is 10.8. The number of likely N-dealkylation sites (N-methyl/N-ethyl adjacent to an activating group) is 1. The minimum Gasteiger partial charge on any atom is -0.367 e. The van der Waals surface area contributed by atoms with Gasteiger partial charge in [-0.3, -0.25) is 4.79 Å². The standard InChI is InChI=1S/C20H22N4OS2/c1-2-23-9-11-24(12-10-23)16-7-4-3-6-15(16)22-19(25)18-14-21-20(27-18)17-8-5-13-26-17/h3-8,13-14H,2,9-12H2,1H3,(H,22,25). The third-order valence-corrected chi connectivity index (χ3v) is 6.81. The lowest BCUT2D eigenvalue weighted by atomic mass is 10.2. The zero-order valence-corrected chi connectivity index (χ0v) is 16.9. The second kappa shape index (κ2) is 8.21. The molecule has 1 saturated heterocycles. The molecular formula is C20H22N4OS2. The third kappa shape index (κ3) is 4.05. The number of piperazine rings is 1. The third-order valence-electron chi connectivity index (χ3n) is 4.77. The van der Waals surface area contributed by atoms with Crippen molar-refractivity contribution < 1.29 is 4.79 Å². The summed E-state index contributed by atoms with van der Waals surface area (Å²) in [6, 6.07) is 12.1. The molecule has 140 valence electrons. The average molecular weight is 399 g/mol. The second-order valence-electron chi connectivity index (χ2n) is 6.40. The van der Waals surface area contributed by atoms with E-state index >= 15 is 0 Å². The number of carbonyl (C=O) groups is 1. The molecular weight excluding hydrogens is 376 g/mol. The summed E-state index contributed by atoms with van der Waals surface area (Å²) < 4.78 is 0. The van der Waals surface area contributed by atoms with Gasteiger partial charge in [0, 0.05) is 26.2 Å². The molecule has 0 aliphatic carbocycles. The van der Waals surface area contributed by atoms with E-state index in [1.807, 2.05) is 35.7 Å². The fraction of sp³-hybridized carbons (Fsp3) is 0.300. The maximum atomic E-state index is 12.8. The fourth-order valence-corrected chi connectivity index (χ4v) is 4.85. The lowest BCUT2D eigenvalue weighted by Crippen LogP contribution is -2.46. The van der Waals surface area contributed by atoms with Crippen LogP contribution in [0.25, 0.3) is 9.88 Å². The zero-order valence-electron chi connectivity index (χ0n) is 15.2. The Hall–Kier alpha value is -2.22. The molecule has 1 fully saturated rings. The normalized spacial score (nSPS) is 15.1. The summed E-state index contributed by atoms with van der Waals surface area (Å²) in [5.74, 6) is -0.102. The molecule has 1 aromatic carbocycles. The highest BCUT2D eigenvalue weighted by atomic mass is 32.1. The lowest BCUT2D eigenvalue weighted by Gasteiger charge is -2.36. The number of rotatable bonds is 5. The van der Waals surface area contributed by atoms with Gasteiger partial charge in [0.1, 0.15) is 9.88 Å². The lowest BCUT2D eigenvalue weighted by molar-refractivity contribution is 0.103. The largest absolute Gasteiger partial charge is 0.367 e. The number of nitrogens with one attached hydrogen (secondary N) is 1. The van der Waals surface area contributed by atoms with E-state index in [-0.39, 0.29) is 5.91 Å². The summed E-state index contributed by atoms with van der Waals surface area (Å²) in [7, 11) is 0. The molecule has 1 amide bonds. The Morgan fingerprint density at radius 1 is 1.15 bits per heavy atom. The molecule has 0 unspecified atom stereocenters. The number of para-hydroxylation sites is 2. The summed E-state index contributed by atoms with van der Waals surface area (Å²) in [4.78, 5) is 23.7. The number of thiazole rings is 1. The predicted octanol–water partition coefficient (Wildman–Crippen LogP) is 4.27. The number of thiophene rings is 1. The quantitative estimate of drug-likeness (QED) is 0.697. The summed E-state index contributed by atoms with van der Waals surface area (Å²) in [5, 5.41) is 5.99.